The van der Waals surface area contributed by atoms with E-state index < -0.39 is 5.60 Å². The lowest BCUT2D eigenvalue weighted by Gasteiger charge is -2.34. The Morgan fingerprint density at radius 2 is 1.86 bits per heavy atom. The standard InChI is InChI=1S/C21H40N4O4/c1-21(2,3)29-20(26)25(17-7-8-17)14-11-23-19(22-4)24-12-9-18(10-13-24)28-16-6-15-27-5/h17-18H,6-16H2,1-5H3,(H,22,23). The molecule has 0 bridgehead atoms. The predicted molar refractivity (Wildman–Crippen MR) is 114 cm³/mol. The summed E-state index contributed by atoms with van der Waals surface area (Å²) < 4.78 is 16.6. The van der Waals surface area contributed by atoms with Gasteiger partial charge in [0.25, 0.3) is 0 Å². The number of amides is 1. The van der Waals surface area contributed by atoms with Crippen LogP contribution in [-0.4, -0.2) is 93.1 Å². The SMILES string of the molecule is CN=C(NCCN(C(=O)OC(C)(C)C)C1CC1)N1CCC(OCCCOC)CC1. The lowest BCUT2D eigenvalue weighted by atomic mass is 10.1. The zero-order valence-corrected chi connectivity index (χ0v) is 18.9. The van der Waals surface area contributed by atoms with Gasteiger partial charge in [0.1, 0.15) is 5.60 Å². The second kappa shape index (κ2) is 11.6. The molecule has 1 N–H and O–H groups in total. The van der Waals surface area contributed by atoms with Crippen LogP contribution in [-0.2, 0) is 14.2 Å². The first-order valence-electron chi connectivity index (χ1n) is 10.9. The number of hydrogen-bond donors (Lipinski definition) is 1. The maximum atomic E-state index is 12.5. The third-order valence-corrected chi connectivity index (χ3v) is 5.05. The van der Waals surface area contributed by atoms with E-state index >= 15 is 0 Å². The van der Waals surface area contributed by atoms with Gasteiger partial charge in [0.2, 0.25) is 0 Å². The van der Waals surface area contributed by atoms with Crippen molar-refractivity contribution in [2.24, 2.45) is 4.99 Å². The van der Waals surface area contributed by atoms with E-state index in [9.17, 15) is 4.79 Å². The van der Waals surface area contributed by atoms with Crippen molar-refractivity contribution in [1.29, 1.82) is 0 Å². The summed E-state index contributed by atoms with van der Waals surface area (Å²) in [6.45, 7) is 10.3. The fourth-order valence-electron chi connectivity index (χ4n) is 3.44. The summed E-state index contributed by atoms with van der Waals surface area (Å²) >= 11 is 0. The number of guanidine groups is 1. The van der Waals surface area contributed by atoms with Crippen LogP contribution in [0.1, 0.15) is 52.9 Å². The van der Waals surface area contributed by atoms with Crippen LogP contribution in [0.2, 0.25) is 0 Å². The van der Waals surface area contributed by atoms with Gasteiger partial charge < -0.3 is 29.3 Å². The molecule has 1 aliphatic carbocycles. The maximum Gasteiger partial charge on any atom is 0.410 e. The molecule has 2 rings (SSSR count). The van der Waals surface area contributed by atoms with Crippen molar-refractivity contribution in [2.45, 2.75) is 70.6 Å². The van der Waals surface area contributed by atoms with Gasteiger partial charge in [-0.25, -0.2) is 4.79 Å². The Labute approximate surface area is 175 Å². The van der Waals surface area contributed by atoms with Crippen LogP contribution in [0.15, 0.2) is 4.99 Å². The Morgan fingerprint density at radius 3 is 2.41 bits per heavy atom. The molecule has 1 amide bonds. The number of aliphatic imine (C=N–C) groups is 1. The molecule has 8 heteroatoms. The highest BCUT2D eigenvalue weighted by atomic mass is 16.6. The maximum absolute atomic E-state index is 12.5. The number of rotatable bonds is 9. The molecule has 0 radical (unpaired) electrons. The first-order valence-corrected chi connectivity index (χ1v) is 10.9. The first-order chi connectivity index (χ1) is 13.8. The molecular formula is C21H40N4O4. The number of carbonyl (C=O) groups excluding carboxylic acids is 1. The monoisotopic (exact) mass is 412 g/mol. The molecule has 0 spiro atoms. The number of carbonyl (C=O) groups is 1. The lowest BCUT2D eigenvalue weighted by Crippen LogP contribution is -2.49. The molecule has 0 aromatic carbocycles. The molecule has 1 aliphatic heterocycles. The van der Waals surface area contributed by atoms with E-state index in [-0.39, 0.29) is 6.09 Å². The van der Waals surface area contributed by atoms with E-state index in [0.29, 0.717) is 25.2 Å². The molecule has 2 fully saturated rings. The topological polar surface area (TPSA) is 75.6 Å². The van der Waals surface area contributed by atoms with Crippen molar-refractivity contribution in [1.82, 2.24) is 15.1 Å². The molecular weight excluding hydrogens is 372 g/mol. The molecule has 0 unspecified atom stereocenters. The number of likely N-dealkylation sites (tertiary alicyclic amines) is 1. The normalized spacial score (nSPS) is 18.7. The van der Waals surface area contributed by atoms with E-state index in [1.807, 2.05) is 32.7 Å². The van der Waals surface area contributed by atoms with Crippen molar-refractivity contribution >= 4 is 12.1 Å². The summed E-state index contributed by atoms with van der Waals surface area (Å²) in [4.78, 5) is 21.0. The summed E-state index contributed by atoms with van der Waals surface area (Å²) in [7, 11) is 3.52. The van der Waals surface area contributed by atoms with E-state index in [1.165, 1.54) is 0 Å². The van der Waals surface area contributed by atoms with Gasteiger partial charge in [-0.05, 0) is 52.9 Å². The fraction of sp³-hybridized carbons (Fsp3) is 0.905. The average Bonchev–Trinajstić information content (AvgIpc) is 3.50. The van der Waals surface area contributed by atoms with Crippen LogP contribution < -0.4 is 5.32 Å². The zero-order chi connectivity index (χ0) is 21.3. The Kier molecular flexibility index (Phi) is 9.49. The van der Waals surface area contributed by atoms with Gasteiger partial charge in [-0.2, -0.15) is 0 Å². The van der Waals surface area contributed by atoms with E-state index in [1.54, 1.807) is 7.11 Å². The highest BCUT2D eigenvalue weighted by molar-refractivity contribution is 5.80. The molecule has 0 aromatic heterocycles. The Balaban J connectivity index is 1.71. The molecule has 2 aliphatic rings. The van der Waals surface area contributed by atoms with Crippen molar-refractivity contribution in [3.63, 3.8) is 0 Å². The molecule has 1 saturated heterocycles. The van der Waals surface area contributed by atoms with Crippen LogP contribution in [0.4, 0.5) is 4.79 Å². The number of nitrogens with one attached hydrogen (secondary N) is 1. The summed E-state index contributed by atoms with van der Waals surface area (Å²) in [5.41, 5.74) is -0.469. The molecule has 29 heavy (non-hydrogen) atoms. The third-order valence-electron chi connectivity index (χ3n) is 5.05. The van der Waals surface area contributed by atoms with Crippen molar-refractivity contribution in [3.8, 4) is 0 Å². The van der Waals surface area contributed by atoms with Crippen LogP contribution in [0.25, 0.3) is 0 Å². The number of piperidine rings is 1. The van der Waals surface area contributed by atoms with Crippen LogP contribution in [0.3, 0.4) is 0 Å². The van der Waals surface area contributed by atoms with Gasteiger partial charge in [0, 0.05) is 59.6 Å². The molecule has 0 aromatic rings. The average molecular weight is 413 g/mol. The highest BCUT2D eigenvalue weighted by Gasteiger charge is 2.35. The van der Waals surface area contributed by atoms with Crippen LogP contribution in [0, 0.1) is 0 Å². The number of nitrogens with zero attached hydrogens (tertiary/aromatic N) is 3. The van der Waals surface area contributed by atoms with Crippen molar-refractivity contribution in [2.75, 3.05) is 53.6 Å². The minimum absolute atomic E-state index is 0.219. The van der Waals surface area contributed by atoms with E-state index in [2.05, 4.69) is 15.2 Å². The van der Waals surface area contributed by atoms with Gasteiger partial charge in [0.15, 0.2) is 5.96 Å². The van der Waals surface area contributed by atoms with Crippen LogP contribution >= 0.6 is 0 Å². The highest BCUT2D eigenvalue weighted by Crippen LogP contribution is 2.28. The van der Waals surface area contributed by atoms with Gasteiger partial charge in [0.05, 0.1) is 6.10 Å². The quantitative estimate of drug-likeness (QED) is 0.356. The summed E-state index contributed by atoms with van der Waals surface area (Å²) in [5.74, 6) is 0.891. The second-order valence-corrected chi connectivity index (χ2v) is 8.78. The van der Waals surface area contributed by atoms with Crippen LogP contribution in [0.5, 0.6) is 0 Å². The smallest absolute Gasteiger partial charge is 0.410 e. The van der Waals surface area contributed by atoms with Crippen molar-refractivity contribution < 1.29 is 19.0 Å². The number of methoxy groups -OCH3 is 1. The lowest BCUT2D eigenvalue weighted by molar-refractivity contribution is 0.00975. The first kappa shape index (κ1) is 23.7. The fourth-order valence-corrected chi connectivity index (χ4v) is 3.44. The number of ether oxygens (including phenoxy) is 3. The molecule has 1 saturated carbocycles. The zero-order valence-electron chi connectivity index (χ0n) is 18.9. The van der Waals surface area contributed by atoms with Gasteiger partial charge in [-0.15, -0.1) is 0 Å². The number of hydrogen-bond acceptors (Lipinski definition) is 5. The molecule has 168 valence electrons. The molecule has 0 atom stereocenters. The summed E-state index contributed by atoms with van der Waals surface area (Å²) in [6.07, 6.45) is 5.16. The molecule has 8 nitrogen and oxygen atoms in total. The van der Waals surface area contributed by atoms with Gasteiger partial charge in [-0.1, -0.05) is 0 Å². The van der Waals surface area contributed by atoms with E-state index in [0.717, 1.165) is 64.4 Å². The van der Waals surface area contributed by atoms with E-state index in [4.69, 9.17) is 14.2 Å². The predicted octanol–water partition coefficient (Wildman–Crippen LogP) is 2.48. The summed E-state index contributed by atoms with van der Waals surface area (Å²) in [5, 5.41) is 3.41. The molecule has 1 heterocycles. The van der Waals surface area contributed by atoms with Crippen molar-refractivity contribution in [3.05, 3.63) is 0 Å². The van der Waals surface area contributed by atoms with Gasteiger partial charge in [-0.3, -0.25) is 4.99 Å². The third kappa shape index (κ3) is 8.78. The largest absolute Gasteiger partial charge is 0.444 e. The second-order valence-electron chi connectivity index (χ2n) is 8.78. The Morgan fingerprint density at radius 1 is 1.17 bits per heavy atom. The Bertz CT molecular complexity index is 523. The Hall–Kier alpha value is -1.54. The summed E-state index contributed by atoms with van der Waals surface area (Å²) in [6, 6.07) is 0.319. The minimum atomic E-state index is -0.469. The minimum Gasteiger partial charge on any atom is -0.444 e. The van der Waals surface area contributed by atoms with Gasteiger partial charge >= 0.3 is 6.09 Å².